The van der Waals surface area contributed by atoms with Crippen LogP contribution in [0.3, 0.4) is 0 Å². The Morgan fingerprint density at radius 3 is 2.00 bits per heavy atom. The second-order valence-corrected chi connectivity index (χ2v) is 9.78. The third-order valence-corrected chi connectivity index (χ3v) is 6.20. The van der Waals surface area contributed by atoms with Gasteiger partial charge in [-0.05, 0) is 29.3 Å². The molecule has 0 bridgehead atoms. The molecule has 0 unspecified atom stereocenters. The van der Waals surface area contributed by atoms with Crippen LogP contribution in [0.5, 0.6) is 0 Å². The number of benzene rings is 4. The molecule has 0 aliphatic carbocycles. The van der Waals surface area contributed by atoms with Crippen LogP contribution in [0.4, 0.5) is 0 Å². The molecule has 0 radical (unpaired) electrons. The average molecular weight is 456 g/mol. The van der Waals surface area contributed by atoms with Crippen LogP contribution >= 0.6 is 0 Å². The van der Waals surface area contributed by atoms with E-state index in [9.17, 15) is 0 Å². The highest BCUT2D eigenvalue weighted by Crippen LogP contribution is 2.34. The lowest BCUT2D eigenvalue weighted by Gasteiger charge is -2.19. The van der Waals surface area contributed by atoms with E-state index < -0.39 is 0 Å². The number of nitrogens with zero attached hydrogens (tertiary/aromatic N) is 3. The number of furan rings is 1. The molecular weight excluding hydrogens is 430 g/mol. The van der Waals surface area contributed by atoms with E-state index in [4.69, 9.17) is 19.4 Å². The summed E-state index contributed by atoms with van der Waals surface area (Å²) in [5.74, 6) is 2.07. The van der Waals surface area contributed by atoms with Crippen LogP contribution in [0, 0.1) is 0 Å². The van der Waals surface area contributed by atoms with E-state index in [0.29, 0.717) is 11.6 Å². The first-order chi connectivity index (χ1) is 17.0. The quantitative estimate of drug-likeness (QED) is 0.271. The van der Waals surface area contributed by atoms with Gasteiger partial charge in [0.15, 0.2) is 11.6 Å². The molecule has 35 heavy (non-hydrogen) atoms. The molecule has 0 aliphatic heterocycles. The van der Waals surface area contributed by atoms with Crippen LogP contribution in [-0.4, -0.2) is 15.0 Å². The predicted octanol–water partition coefficient (Wildman–Crippen LogP) is 8.07. The van der Waals surface area contributed by atoms with Crippen molar-refractivity contribution in [1.82, 2.24) is 15.0 Å². The smallest absolute Gasteiger partial charge is 0.164 e. The summed E-state index contributed by atoms with van der Waals surface area (Å²) >= 11 is 0. The van der Waals surface area contributed by atoms with Crippen LogP contribution < -0.4 is 0 Å². The van der Waals surface area contributed by atoms with E-state index >= 15 is 0 Å². The summed E-state index contributed by atoms with van der Waals surface area (Å²) in [7, 11) is 0. The fourth-order valence-corrected chi connectivity index (χ4v) is 4.37. The number of rotatable bonds is 3. The van der Waals surface area contributed by atoms with Crippen molar-refractivity contribution in [2.24, 2.45) is 0 Å². The molecule has 2 aromatic heterocycles. The van der Waals surface area contributed by atoms with Crippen LogP contribution in [0.15, 0.2) is 101 Å². The molecule has 4 heteroatoms. The van der Waals surface area contributed by atoms with Gasteiger partial charge in [0.05, 0.1) is 0 Å². The maximum atomic E-state index is 6.13. The molecule has 0 atom stereocenters. The van der Waals surface area contributed by atoms with Crippen molar-refractivity contribution in [1.29, 1.82) is 0 Å². The molecule has 0 aliphatic rings. The molecule has 4 aromatic carbocycles. The normalized spacial score (nSPS) is 11.9. The molecule has 0 amide bonds. The van der Waals surface area contributed by atoms with Crippen molar-refractivity contribution >= 4 is 21.9 Å². The monoisotopic (exact) mass is 455 g/mol. The van der Waals surface area contributed by atoms with E-state index in [0.717, 1.165) is 50.0 Å². The van der Waals surface area contributed by atoms with E-state index in [1.165, 1.54) is 0 Å². The van der Waals surface area contributed by atoms with Crippen molar-refractivity contribution in [3.63, 3.8) is 0 Å². The van der Waals surface area contributed by atoms with Gasteiger partial charge in [-0.3, -0.25) is 0 Å². The fourth-order valence-electron chi connectivity index (χ4n) is 4.37. The van der Waals surface area contributed by atoms with E-state index in [1.54, 1.807) is 0 Å². The SMILES string of the molecule is CC(C)(C)c1nc(-c2ccc3c(c2)oc2ccccc23)nc(-c2ccccc2-c2ccccc2)n1. The van der Waals surface area contributed by atoms with Crippen molar-refractivity contribution in [2.45, 2.75) is 26.2 Å². The van der Waals surface area contributed by atoms with Gasteiger partial charge in [-0.15, -0.1) is 0 Å². The minimum Gasteiger partial charge on any atom is -0.456 e. The van der Waals surface area contributed by atoms with Gasteiger partial charge in [-0.1, -0.05) is 99.6 Å². The van der Waals surface area contributed by atoms with Gasteiger partial charge in [0.25, 0.3) is 0 Å². The minimum atomic E-state index is -0.238. The van der Waals surface area contributed by atoms with Crippen molar-refractivity contribution in [3.8, 4) is 33.9 Å². The Labute approximate surface area is 204 Å². The summed E-state index contributed by atoms with van der Waals surface area (Å²) < 4.78 is 6.13. The van der Waals surface area contributed by atoms with Gasteiger partial charge in [0.1, 0.15) is 17.0 Å². The summed E-state index contributed by atoms with van der Waals surface area (Å²) in [5.41, 5.74) is 5.58. The van der Waals surface area contributed by atoms with E-state index in [2.05, 4.69) is 63.2 Å². The lowest BCUT2D eigenvalue weighted by atomic mass is 9.95. The second-order valence-electron chi connectivity index (χ2n) is 9.78. The van der Waals surface area contributed by atoms with Crippen LogP contribution in [0.2, 0.25) is 0 Å². The number of hydrogen-bond acceptors (Lipinski definition) is 4. The number of para-hydroxylation sites is 1. The standard InChI is InChI=1S/C31H25N3O/c1-31(2,3)30-33-28(21-17-18-24-23-14-9-10-16-26(23)35-27(24)19-21)32-29(34-30)25-15-8-7-13-22(25)20-11-5-4-6-12-20/h4-19H,1-3H3. The Kier molecular flexibility index (Phi) is 4.96. The Morgan fingerprint density at radius 1 is 0.543 bits per heavy atom. The average Bonchev–Trinajstić information content (AvgIpc) is 3.26. The second kappa shape index (κ2) is 8.17. The lowest BCUT2D eigenvalue weighted by Crippen LogP contribution is -2.18. The number of aromatic nitrogens is 3. The summed E-state index contributed by atoms with van der Waals surface area (Å²) in [5, 5.41) is 2.20. The first-order valence-corrected chi connectivity index (χ1v) is 11.8. The topological polar surface area (TPSA) is 51.8 Å². The maximum Gasteiger partial charge on any atom is 0.164 e. The molecule has 170 valence electrons. The van der Waals surface area contributed by atoms with Crippen LogP contribution in [0.1, 0.15) is 26.6 Å². The van der Waals surface area contributed by atoms with Crippen molar-refractivity contribution in [2.75, 3.05) is 0 Å². The highest BCUT2D eigenvalue weighted by molar-refractivity contribution is 6.05. The molecule has 6 rings (SSSR count). The summed E-state index contributed by atoms with van der Waals surface area (Å²) in [6.07, 6.45) is 0. The largest absolute Gasteiger partial charge is 0.456 e. The first kappa shape index (κ1) is 21.2. The Bertz CT molecular complexity index is 1680. The van der Waals surface area contributed by atoms with Crippen molar-refractivity contribution < 1.29 is 4.42 Å². The molecule has 0 N–H and O–H groups in total. The maximum absolute atomic E-state index is 6.13. The molecule has 4 nitrogen and oxygen atoms in total. The third-order valence-electron chi connectivity index (χ3n) is 6.20. The minimum absolute atomic E-state index is 0.238. The summed E-state index contributed by atoms with van der Waals surface area (Å²) in [4.78, 5) is 14.8. The number of fused-ring (bicyclic) bond motifs is 3. The highest BCUT2D eigenvalue weighted by Gasteiger charge is 2.22. The van der Waals surface area contributed by atoms with Gasteiger partial charge < -0.3 is 4.42 Å². The van der Waals surface area contributed by atoms with Crippen molar-refractivity contribution in [3.05, 3.63) is 103 Å². The third kappa shape index (κ3) is 3.87. The molecule has 0 spiro atoms. The molecular formula is C31H25N3O. The summed E-state index contributed by atoms with van der Waals surface area (Å²) in [6, 6.07) is 32.9. The van der Waals surface area contributed by atoms with Gasteiger partial charge in [-0.25, -0.2) is 15.0 Å². The molecule has 0 saturated heterocycles. The van der Waals surface area contributed by atoms with Gasteiger partial charge in [0, 0.05) is 27.3 Å². The zero-order valence-corrected chi connectivity index (χ0v) is 20.0. The van der Waals surface area contributed by atoms with Crippen LogP contribution in [-0.2, 0) is 5.41 Å². The lowest BCUT2D eigenvalue weighted by molar-refractivity contribution is 0.543. The molecule has 6 aromatic rings. The van der Waals surface area contributed by atoms with E-state index in [1.807, 2.05) is 54.6 Å². The highest BCUT2D eigenvalue weighted by atomic mass is 16.3. The molecule has 0 fully saturated rings. The van der Waals surface area contributed by atoms with Crippen LogP contribution in [0.25, 0.3) is 55.8 Å². The zero-order chi connectivity index (χ0) is 24.0. The molecule has 0 saturated carbocycles. The van der Waals surface area contributed by atoms with Gasteiger partial charge in [0.2, 0.25) is 0 Å². The predicted molar refractivity (Wildman–Crippen MR) is 142 cm³/mol. The molecule has 2 heterocycles. The first-order valence-electron chi connectivity index (χ1n) is 11.8. The van der Waals surface area contributed by atoms with Gasteiger partial charge in [-0.2, -0.15) is 0 Å². The van der Waals surface area contributed by atoms with Gasteiger partial charge >= 0.3 is 0 Å². The summed E-state index contributed by atoms with van der Waals surface area (Å²) in [6.45, 7) is 6.38. The Hall–Kier alpha value is -4.31. The van der Waals surface area contributed by atoms with E-state index in [-0.39, 0.29) is 5.41 Å². The zero-order valence-electron chi connectivity index (χ0n) is 20.0. The fraction of sp³-hybridized carbons (Fsp3) is 0.129. The Morgan fingerprint density at radius 2 is 1.20 bits per heavy atom. The number of hydrogen-bond donors (Lipinski definition) is 0. The Balaban J connectivity index is 1.55.